The molecule has 2 amide bonds. The summed E-state index contributed by atoms with van der Waals surface area (Å²) in [6.07, 6.45) is 9.40. The molecule has 1 saturated heterocycles. The van der Waals surface area contributed by atoms with Crippen molar-refractivity contribution in [3.63, 3.8) is 0 Å². The second-order valence-corrected chi connectivity index (χ2v) is 6.00. The minimum absolute atomic E-state index is 0.182. The van der Waals surface area contributed by atoms with Crippen molar-refractivity contribution in [2.24, 2.45) is 5.92 Å². The quantitative estimate of drug-likeness (QED) is 0.577. The van der Waals surface area contributed by atoms with E-state index in [1.807, 2.05) is 0 Å². The molecule has 1 fully saturated rings. The van der Waals surface area contributed by atoms with Crippen LogP contribution in [0.1, 0.15) is 64.2 Å². The van der Waals surface area contributed by atoms with Crippen LogP contribution in [0.4, 0.5) is 0 Å². The lowest BCUT2D eigenvalue weighted by atomic mass is 9.98. The van der Waals surface area contributed by atoms with Crippen molar-refractivity contribution >= 4 is 23.4 Å². The first-order valence-corrected chi connectivity index (χ1v) is 8.54. The van der Waals surface area contributed by atoms with Gasteiger partial charge in [-0.05, 0) is 12.8 Å². The number of rotatable bonds is 2. The number of nitrogens with zero attached hydrogens (tertiary/aromatic N) is 2. The summed E-state index contributed by atoms with van der Waals surface area (Å²) < 4.78 is 0. The van der Waals surface area contributed by atoms with Gasteiger partial charge < -0.3 is 0 Å². The van der Waals surface area contributed by atoms with Crippen LogP contribution in [0.5, 0.6) is 0 Å². The Labute approximate surface area is 132 Å². The van der Waals surface area contributed by atoms with Gasteiger partial charge in [0, 0.05) is 18.8 Å². The maximum Gasteiger partial charge on any atom is 0.246 e. The van der Waals surface area contributed by atoms with Gasteiger partial charge in [0.2, 0.25) is 11.8 Å². The molecule has 0 saturated carbocycles. The Kier molecular flexibility index (Phi) is 9.09. The van der Waals surface area contributed by atoms with Crippen molar-refractivity contribution in [1.29, 1.82) is 5.26 Å². The van der Waals surface area contributed by atoms with Crippen molar-refractivity contribution in [3.05, 3.63) is 0 Å². The Bertz CT molecular complexity index is 379. The maximum absolute atomic E-state index is 12.4. The van der Waals surface area contributed by atoms with E-state index in [9.17, 15) is 14.9 Å². The molecule has 4 nitrogen and oxygen atoms in total. The number of carbonyl (C=O) groups is 2. The van der Waals surface area contributed by atoms with Gasteiger partial charge in [0.05, 0.1) is 6.07 Å². The molecule has 1 aliphatic rings. The van der Waals surface area contributed by atoms with Gasteiger partial charge in [0.1, 0.15) is 5.92 Å². The van der Waals surface area contributed by atoms with Crippen LogP contribution in [0.2, 0.25) is 0 Å². The zero-order chi connectivity index (χ0) is 15.5. The topological polar surface area (TPSA) is 61.2 Å². The number of hydrogen-bond donors (Lipinski definition) is 0. The molecule has 1 atom stereocenters. The molecule has 0 spiro atoms. The molecule has 1 heterocycles. The highest BCUT2D eigenvalue weighted by atomic mass is 35.5. The van der Waals surface area contributed by atoms with Crippen LogP contribution in [-0.4, -0.2) is 29.1 Å². The van der Waals surface area contributed by atoms with Gasteiger partial charge in [-0.2, -0.15) is 5.26 Å². The highest BCUT2D eigenvalue weighted by Crippen LogP contribution is 2.17. The summed E-state index contributed by atoms with van der Waals surface area (Å²) in [4.78, 5) is 25.8. The highest BCUT2D eigenvalue weighted by molar-refractivity contribution is 6.18. The zero-order valence-electron chi connectivity index (χ0n) is 12.7. The Hall–Kier alpha value is -1.08. The molecule has 5 heteroatoms. The van der Waals surface area contributed by atoms with Crippen molar-refractivity contribution in [2.75, 3.05) is 12.4 Å². The van der Waals surface area contributed by atoms with E-state index in [0.717, 1.165) is 38.5 Å². The van der Waals surface area contributed by atoms with Crippen molar-refractivity contribution in [3.8, 4) is 6.07 Å². The fourth-order valence-electron chi connectivity index (χ4n) is 2.69. The lowest BCUT2D eigenvalue weighted by molar-refractivity contribution is -0.146. The van der Waals surface area contributed by atoms with Crippen molar-refractivity contribution in [1.82, 2.24) is 4.90 Å². The van der Waals surface area contributed by atoms with Crippen LogP contribution in [0.15, 0.2) is 0 Å². The monoisotopic (exact) mass is 312 g/mol. The van der Waals surface area contributed by atoms with E-state index in [4.69, 9.17) is 11.6 Å². The fraction of sp³-hybridized carbons (Fsp3) is 0.812. The van der Waals surface area contributed by atoms with Gasteiger partial charge in [0.15, 0.2) is 0 Å². The van der Waals surface area contributed by atoms with Crippen LogP contribution >= 0.6 is 11.6 Å². The third-order valence-electron chi connectivity index (χ3n) is 3.96. The first-order valence-electron chi connectivity index (χ1n) is 8.00. The molecule has 0 bridgehead atoms. The van der Waals surface area contributed by atoms with E-state index in [1.165, 1.54) is 17.7 Å². The molecule has 0 aromatic carbocycles. The van der Waals surface area contributed by atoms with Gasteiger partial charge in [-0.3, -0.25) is 14.5 Å². The molecule has 0 N–H and O–H groups in total. The number of alkyl halides is 1. The van der Waals surface area contributed by atoms with E-state index >= 15 is 0 Å². The van der Waals surface area contributed by atoms with E-state index in [0.29, 0.717) is 12.8 Å². The summed E-state index contributed by atoms with van der Waals surface area (Å²) >= 11 is 5.70. The Morgan fingerprint density at radius 2 is 1.62 bits per heavy atom. The maximum atomic E-state index is 12.4. The number of amides is 2. The second kappa shape index (κ2) is 10.6. The van der Waals surface area contributed by atoms with Gasteiger partial charge in [-0.1, -0.05) is 44.9 Å². The van der Waals surface area contributed by atoms with Crippen LogP contribution in [0.25, 0.3) is 0 Å². The number of hydrogen-bond acceptors (Lipinski definition) is 3. The van der Waals surface area contributed by atoms with Gasteiger partial charge in [-0.25, -0.2) is 0 Å². The molecule has 21 heavy (non-hydrogen) atoms. The Morgan fingerprint density at radius 3 is 2.19 bits per heavy atom. The van der Waals surface area contributed by atoms with Crippen molar-refractivity contribution < 1.29 is 9.59 Å². The molecule has 0 aromatic heterocycles. The van der Waals surface area contributed by atoms with E-state index in [-0.39, 0.29) is 24.2 Å². The minimum atomic E-state index is -0.708. The largest absolute Gasteiger partial charge is 0.280 e. The second-order valence-electron chi connectivity index (χ2n) is 5.62. The summed E-state index contributed by atoms with van der Waals surface area (Å²) in [5.74, 6) is -1.03. The molecule has 1 unspecified atom stereocenters. The predicted molar refractivity (Wildman–Crippen MR) is 82.7 cm³/mol. The highest BCUT2D eigenvalue weighted by Gasteiger charge is 2.27. The molecular formula is C16H25ClN2O2. The molecule has 0 aromatic rings. The van der Waals surface area contributed by atoms with Crippen LogP contribution in [0.3, 0.4) is 0 Å². The standard InChI is InChI=1S/C16H25ClN2O2/c17-11-12-19-15(20)10-8-6-4-2-1-3-5-7-9-14(13-18)16(19)21/h14H,1-12H2. The number of nitriles is 1. The third kappa shape index (κ3) is 6.48. The lowest BCUT2D eigenvalue weighted by Gasteiger charge is -2.22. The smallest absolute Gasteiger partial charge is 0.246 e. The molecule has 0 aliphatic carbocycles. The summed E-state index contributed by atoms with van der Waals surface area (Å²) in [6, 6.07) is 2.06. The minimum Gasteiger partial charge on any atom is -0.280 e. The molecule has 1 rings (SSSR count). The molecular weight excluding hydrogens is 288 g/mol. The summed E-state index contributed by atoms with van der Waals surface area (Å²) in [6.45, 7) is 0.206. The Morgan fingerprint density at radius 1 is 1.05 bits per heavy atom. The average Bonchev–Trinajstić information content (AvgIpc) is 2.49. The normalized spacial score (nSPS) is 23.4. The zero-order valence-corrected chi connectivity index (χ0v) is 13.4. The van der Waals surface area contributed by atoms with Crippen LogP contribution in [-0.2, 0) is 9.59 Å². The number of carbonyl (C=O) groups excluding carboxylic acids is 2. The summed E-state index contributed by atoms with van der Waals surface area (Å²) in [7, 11) is 0. The van der Waals surface area contributed by atoms with Gasteiger partial charge >= 0.3 is 0 Å². The summed E-state index contributed by atoms with van der Waals surface area (Å²) in [5.41, 5.74) is 0. The first-order chi connectivity index (χ1) is 10.2. The van der Waals surface area contributed by atoms with Gasteiger partial charge in [-0.15, -0.1) is 11.6 Å². The molecule has 1 aliphatic heterocycles. The van der Waals surface area contributed by atoms with E-state index in [2.05, 4.69) is 6.07 Å². The first kappa shape index (κ1) is 18.0. The lowest BCUT2D eigenvalue weighted by Crippen LogP contribution is -2.41. The van der Waals surface area contributed by atoms with Gasteiger partial charge in [0.25, 0.3) is 0 Å². The van der Waals surface area contributed by atoms with E-state index in [1.54, 1.807) is 0 Å². The van der Waals surface area contributed by atoms with Crippen molar-refractivity contribution in [2.45, 2.75) is 64.2 Å². The average molecular weight is 313 g/mol. The van der Waals surface area contributed by atoms with Crippen LogP contribution < -0.4 is 0 Å². The molecule has 0 radical (unpaired) electrons. The number of imide groups is 1. The van der Waals surface area contributed by atoms with E-state index < -0.39 is 5.92 Å². The fourth-order valence-corrected chi connectivity index (χ4v) is 2.86. The predicted octanol–water partition coefficient (Wildman–Crippen LogP) is 3.63. The molecule has 118 valence electrons. The third-order valence-corrected chi connectivity index (χ3v) is 4.13. The number of halogens is 1. The Balaban J connectivity index is 2.73. The summed E-state index contributed by atoms with van der Waals surface area (Å²) in [5, 5.41) is 9.20. The van der Waals surface area contributed by atoms with Crippen LogP contribution in [0, 0.1) is 17.2 Å². The SMILES string of the molecule is N#CC1CCCCCCCCCCC(=O)N(CCCl)C1=O.